The van der Waals surface area contributed by atoms with Crippen LogP contribution in [0.3, 0.4) is 0 Å². The van der Waals surface area contributed by atoms with Gasteiger partial charge in [-0.25, -0.2) is 0 Å². The third-order valence-electron chi connectivity index (χ3n) is 5.77. The zero-order valence-corrected chi connectivity index (χ0v) is 18.6. The van der Waals surface area contributed by atoms with Crippen LogP contribution >= 0.6 is 0 Å². The maximum absolute atomic E-state index is 10.8. The number of hydrogen-bond acceptors (Lipinski definition) is 7. The number of aliphatic hydroxyl groups excluding tert-OH is 1. The lowest BCUT2D eigenvalue weighted by Gasteiger charge is -2.42. The topological polar surface area (TPSA) is 153 Å². The molecule has 0 aromatic rings. The lowest BCUT2D eigenvalue weighted by atomic mass is 9.71. The van der Waals surface area contributed by atoms with Gasteiger partial charge in [0, 0.05) is 18.1 Å². The Balaban J connectivity index is 2.48. The summed E-state index contributed by atoms with van der Waals surface area (Å²) in [6, 6.07) is 0.174. The van der Waals surface area contributed by atoms with E-state index in [2.05, 4.69) is 31.4 Å². The van der Waals surface area contributed by atoms with Gasteiger partial charge in [-0.1, -0.05) is 19.8 Å². The molecule has 0 radical (unpaired) electrons. The summed E-state index contributed by atoms with van der Waals surface area (Å²) in [5.74, 6) is -0.196. The molecule has 28 heavy (non-hydrogen) atoms. The SMILES string of the molecule is CC(C1CCCC(NCC(O)CS(=O)(=O)O)C1)C(C)(C)NCCCS(=O)(=O)O. The van der Waals surface area contributed by atoms with Crippen molar-refractivity contribution in [1.29, 1.82) is 0 Å². The summed E-state index contributed by atoms with van der Waals surface area (Å²) in [7, 11) is -8.13. The standard InChI is InChI=1S/C17H36N2O7S2/c1-13(17(2,3)19-8-5-9-27(21,22)23)14-6-4-7-15(10-14)18-11-16(20)12-28(24,25)26/h13-16,18-20H,4-12H2,1-3H3,(H,21,22,23)(H,24,25,26). The molecular formula is C17H36N2O7S2. The highest BCUT2D eigenvalue weighted by Gasteiger charge is 2.34. The first-order valence-electron chi connectivity index (χ1n) is 9.76. The summed E-state index contributed by atoms with van der Waals surface area (Å²) in [4.78, 5) is 0. The Bertz CT molecular complexity index is 680. The molecule has 0 spiro atoms. The Hall–Kier alpha value is -0.300. The van der Waals surface area contributed by atoms with E-state index in [1.165, 1.54) is 0 Å². The minimum atomic E-state index is -4.19. The van der Waals surface area contributed by atoms with Crippen molar-refractivity contribution in [3.63, 3.8) is 0 Å². The summed E-state index contributed by atoms with van der Waals surface area (Å²) < 4.78 is 60.9. The maximum atomic E-state index is 10.8. The lowest BCUT2D eigenvalue weighted by molar-refractivity contribution is 0.130. The van der Waals surface area contributed by atoms with Crippen molar-refractivity contribution in [1.82, 2.24) is 10.6 Å². The van der Waals surface area contributed by atoms with Crippen molar-refractivity contribution in [3.05, 3.63) is 0 Å². The first-order valence-corrected chi connectivity index (χ1v) is 13.0. The van der Waals surface area contributed by atoms with Gasteiger partial charge >= 0.3 is 0 Å². The van der Waals surface area contributed by atoms with Gasteiger partial charge < -0.3 is 15.7 Å². The summed E-state index contributed by atoms with van der Waals surface area (Å²) >= 11 is 0. The normalized spacial score (nSPS) is 24.1. The van der Waals surface area contributed by atoms with Gasteiger partial charge in [0.25, 0.3) is 20.2 Å². The quantitative estimate of drug-likeness (QED) is 0.216. The molecular weight excluding hydrogens is 408 g/mol. The smallest absolute Gasteiger partial charge is 0.267 e. The highest BCUT2D eigenvalue weighted by Crippen LogP contribution is 2.35. The van der Waals surface area contributed by atoms with Crippen LogP contribution in [0, 0.1) is 11.8 Å². The molecule has 0 aromatic carbocycles. The van der Waals surface area contributed by atoms with Crippen LogP contribution in [-0.4, -0.2) is 73.3 Å². The second-order valence-electron chi connectivity index (χ2n) is 8.51. The molecule has 0 heterocycles. The van der Waals surface area contributed by atoms with E-state index in [1.807, 2.05) is 0 Å². The van der Waals surface area contributed by atoms with Gasteiger partial charge in [-0.15, -0.1) is 0 Å². The minimum absolute atomic E-state index is 0.114. The van der Waals surface area contributed by atoms with Gasteiger partial charge in [-0.2, -0.15) is 16.8 Å². The van der Waals surface area contributed by atoms with Gasteiger partial charge in [-0.3, -0.25) is 9.11 Å². The van der Waals surface area contributed by atoms with Crippen LogP contribution < -0.4 is 10.6 Å². The zero-order chi connectivity index (χ0) is 21.6. The van der Waals surface area contributed by atoms with Gasteiger partial charge in [-0.05, 0) is 51.5 Å². The third kappa shape index (κ3) is 10.5. The molecule has 4 unspecified atom stereocenters. The molecule has 1 aliphatic rings. The molecule has 0 amide bonds. The molecule has 1 saturated carbocycles. The van der Waals surface area contributed by atoms with E-state index in [4.69, 9.17) is 9.11 Å². The van der Waals surface area contributed by atoms with Crippen molar-refractivity contribution >= 4 is 20.2 Å². The highest BCUT2D eigenvalue weighted by atomic mass is 32.2. The molecule has 0 aliphatic heterocycles. The van der Waals surface area contributed by atoms with E-state index in [1.54, 1.807) is 0 Å². The molecule has 9 nitrogen and oxygen atoms in total. The Morgan fingerprint density at radius 1 is 1.11 bits per heavy atom. The molecule has 168 valence electrons. The van der Waals surface area contributed by atoms with Crippen molar-refractivity contribution in [2.45, 2.75) is 70.6 Å². The van der Waals surface area contributed by atoms with Gasteiger partial charge in [0.05, 0.1) is 11.9 Å². The molecule has 0 saturated heterocycles. The lowest BCUT2D eigenvalue weighted by Crippen LogP contribution is -2.50. The van der Waals surface area contributed by atoms with Crippen molar-refractivity contribution in [3.8, 4) is 0 Å². The number of aliphatic hydroxyl groups is 1. The Labute approximate surface area is 169 Å². The predicted octanol–water partition coefficient (Wildman–Crippen LogP) is 0.666. The first kappa shape index (κ1) is 25.7. The Morgan fingerprint density at radius 2 is 1.75 bits per heavy atom. The molecule has 11 heteroatoms. The average molecular weight is 445 g/mol. The summed E-state index contributed by atoms with van der Waals surface area (Å²) in [5.41, 5.74) is -0.212. The van der Waals surface area contributed by atoms with E-state index < -0.39 is 32.1 Å². The summed E-state index contributed by atoms with van der Waals surface area (Å²) in [5, 5.41) is 16.3. The van der Waals surface area contributed by atoms with Crippen molar-refractivity contribution in [2.75, 3.05) is 24.6 Å². The van der Waals surface area contributed by atoms with Crippen molar-refractivity contribution < 1.29 is 31.0 Å². The average Bonchev–Trinajstić information content (AvgIpc) is 2.54. The van der Waals surface area contributed by atoms with Crippen LogP contribution in [0.15, 0.2) is 0 Å². The molecule has 5 N–H and O–H groups in total. The van der Waals surface area contributed by atoms with E-state index in [-0.39, 0.29) is 23.9 Å². The first-order chi connectivity index (χ1) is 12.7. The number of nitrogens with one attached hydrogen (secondary N) is 2. The summed E-state index contributed by atoms with van der Waals surface area (Å²) in [6.07, 6.45) is 3.15. The second kappa shape index (κ2) is 10.6. The molecule has 1 aliphatic carbocycles. The minimum Gasteiger partial charge on any atom is -0.391 e. The van der Waals surface area contributed by atoms with Crippen molar-refractivity contribution in [2.24, 2.45) is 11.8 Å². The Kier molecular flexibility index (Phi) is 9.79. The number of hydrogen-bond donors (Lipinski definition) is 5. The van der Waals surface area contributed by atoms with Gasteiger partial charge in [0.1, 0.15) is 5.75 Å². The fraction of sp³-hybridized carbons (Fsp3) is 1.00. The predicted molar refractivity (Wildman–Crippen MR) is 108 cm³/mol. The fourth-order valence-electron chi connectivity index (χ4n) is 3.89. The largest absolute Gasteiger partial charge is 0.391 e. The number of rotatable bonds is 12. The zero-order valence-electron chi connectivity index (χ0n) is 17.0. The molecule has 1 fully saturated rings. The monoisotopic (exact) mass is 444 g/mol. The molecule has 0 aromatic heterocycles. The summed E-state index contributed by atoms with van der Waals surface area (Å²) in [6.45, 7) is 6.93. The van der Waals surface area contributed by atoms with E-state index in [0.717, 1.165) is 25.7 Å². The van der Waals surface area contributed by atoms with E-state index >= 15 is 0 Å². The third-order valence-corrected chi connectivity index (χ3v) is 7.38. The Morgan fingerprint density at radius 3 is 2.32 bits per heavy atom. The van der Waals surface area contributed by atoms with Crippen LogP contribution in [-0.2, 0) is 20.2 Å². The molecule has 4 atom stereocenters. The molecule has 0 bridgehead atoms. The van der Waals surface area contributed by atoms with Crippen LogP contribution in [0.25, 0.3) is 0 Å². The van der Waals surface area contributed by atoms with Crippen LogP contribution in [0.4, 0.5) is 0 Å². The van der Waals surface area contributed by atoms with Crippen LogP contribution in [0.1, 0.15) is 52.9 Å². The second-order valence-corrected chi connectivity index (χ2v) is 11.6. The maximum Gasteiger partial charge on any atom is 0.267 e. The van der Waals surface area contributed by atoms with Crippen LogP contribution in [0.5, 0.6) is 0 Å². The fourth-order valence-corrected chi connectivity index (χ4v) is 5.00. The van der Waals surface area contributed by atoms with Gasteiger partial charge in [0.15, 0.2) is 0 Å². The van der Waals surface area contributed by atoms with E-state index in [0.29, 0.717) is 24.8 Å². The van der Waals surface area contributed by atoms with Crippen LogP contribution in [0.2, 0.25) is 0 Å². The van der Waals surface area contributed by atoms with Gasteiger partial charge in [0.2, 0.25) is 0 Å². The van der Waals surface area contributed by atoms with E-state index in [9.17, 15) is 21.9 Å². The molecule has 1 rings (SSSR count). The highest BCUT2D eigenvalue weighted by molar-refractivity contribution is 7.86.